The normalized spacial score (nSPS) is 12.2. The Morgan fingerprint density at radius 1 is 1.33 bits per heavy atom. The van der Waals surface area contributed by atoms with Gasteiger partial charge in [-0.3, -0.25) is 4.72 Å². The summed E-state index contributed by atoms with van der Waals surface area (Å²) in [6.45, 7) is 5.74. The molecular formula is C12H20N2O3S. The smallest absolute Gasteiger partial charge is 0.237 e. The molecule has 1 aromatic rings. The average Bonchev–Trinajstić information content (AvgIpc) is 2.24. The zero-order chi connectivity index (χ0) is 13.8. The first kappa shape index (κ1) is 14.8. The zero-order valence-corrected chi connectivity index (χ0v) is 11.8. The van der Waals surface area contributed by atoms with Gasteiger partial charge in [-0.1, -0.05) is 6.07 Å². The number of nitrogens with one attached hydrogen (secondary N) is 1. The van der Waals surface area contributed by atoms with Gasteiger partial charge in [-0.15, -0.1) is 0 Å². The van der Waals surface area contributed by atoms with Crippen LogP contribution in [0.4, 0.5) is 5.69 Å². The van der Waals surface area contributed by atoms with Crippen LogP contribution in [0.25, 0.3) is 0 Å². The number of hydrogen-bond acceptors (Lipinski definition) is 4. The summed E-state index contributed by atoms with van der Waals surface area (Å²) in [6, 6.07) is 6.80. The number of hydrogen-bond donors (Lipinski definition) is 2. The topological polar surface area (TPSA) is 81.4 Å². The molecule has 0 aliphatic heterocycles. The fraction of sp³-hybridized carbons (Fsp3) is 0.500. The molecule has 0 atom stereocenters. The van der Waals surface area contributed by atoms with Gasteiger partial charge in [0.05, 0.1) is 10.4 Å². The molecule has 0 spiro atoms. The van der Waals surface area contributed by atoms with E-state index < -0.39 is 14.8 Å². The Bertz CT molecular complexity index is 492. The summed E-state index contributed by atoms with van der Waals surface area (Å²) in [5.41, 5.74) is 5.82. The zero-order valence-electron chi connectivity index (χ0n) is 10.9. The Hall–Kier alpha value is -1.27. The molecule has 0 saturated heterocycles. The van der Waals surface area contributed by atoms with Crippen molar-refractivity contribution in [1.82, 2.24) is 0 Å². The second-order valence-electron chi connectivity index (χ2n) is 4.88. The minimum absolute atomic E-state index is 0.398. The summed E-state index contributed by atoms with van der Waals surface area (Å²) < 4.78 is 31.0. The van der Waals surface area contributed by atoms with Gasteiger partial charge in [0.2, 0.25) is 10.0 Å². The maximum Gasteiger partial charge on any atom is 0.237 e. The van der Waals surface area contributed by atoms with Crippen molar-refractivity contribution in [2.24, 2.45) is 5.73 Å². The Morgan fingerprint density at radius 3 is 2.56 bits per heavy atom. The maximum atomic E-state index is 12.0. The third-order valence-corrected chi connectivity index (χ3v) is 4.40. The van der Waals surface area contributed by atoms with Crippen molar-refractivity contribution in [1.29, 1.82) is 0 Å². The lowest BCUT2D eigenvalue weighted by Gasteiger charge is -2.20. The highest BCUT2D eigenvalue weighted by Crippen LogP contribution is 2.22. The largest absolute Gasteiger partial charge is 0.492 e. The summed E-state index contributed by atoms with van der Waals surface area (Å²) in [5, 5.41) is 0. The van der Waals surface area contributed by atoms with E-state index in [1.54, 1.807) is 45.0 Å². The van der Waals surface area contributed by atoms with E-state index in [2.05, 4.69) is 4.72 Å². The number of benzene rings is 1. The van der Waals surface area contributed by atoms with Crippen LogP contribution in [0.15, 0.2) is 24.3 Å². The first-order chi connectivity index (χ1) is 8.26. The van der Waals surface area contributed by atoms with Crippen molar-refractivity contribution < 1.29 is 13.2 Å². The monoisotopic (exact) mass is 272 g/mol. The van der Waals surface area contributed by atoms with E-state index in [0.717, 1.165) is 0 Å². The van der Waals surface area contributed by atoms with Crippen LogP contribution >= 0.6 is 0 Å². The number of nitrogens with two attached hydrogens (primary N) is 1. The van der Waals surface area contributed by atoms with E-state index in [9.17, 15) is 8.42 Å². The molecule has 102 valence electrons. The molecule has 1 rings (SSSR count). The Kier molecular flexibility index (Phi) is 4.59. The summed E-state index contributed by atoms with van der Waals surface area (Å²) in [5.74, 6) is 0.592. The molecular weight excluding hydrogens is 252 g/mol. The molecule has 0 aliphatic carbocycles. The van der Waals surface area contributed by atoms with E-state index in [4.69, 9.17) is 10.5 Å². The predicted molar refractivity (Wildman–Crippen MR) is 73.3 cm³/mol. The van der Waals surface area contributed by atoms with E-state index >= 15 is 0 Å². The lowest BCUT2D eigenvalue weighted by atomic mass is 10.3. The van der Waals surface area contributed by atoms with Crippen LogP contribution in [0.2, 0.25) is 0 Å². The van der Waals surface area contributed by atoms with Gasteiger partial charge < -0.3 is 10.5 Å². The van der Waals surface area contributed by atoms with Gasteiger partial charge in [-0.25, -0.2) is 8.42 Å². The van der Waals surface area contributed by atoms with E-state index in [-0.39, 0.29) is 0 Å². The van der Waals surface area contributed by atoms with Crippen LogP contribution in [-0.4, -0.2) is 26.3 Å². The Morgan fingerprint density at radius 2 is 2.00 bits per heavy atom. The number of anilines is 1. The van der Waals surface area contributed by atoms with Crippen LogP contribution in [0.3, 0.4) is 0 Å². The summed E-state index contributed by atoms with van der Waals surface area (Å²) in [6.07, 6.45) is 0. The minimum atomic E-state index is -3.42. The fourth-order valence-corrected chi connectivity index (χ4v) is 1.88. The van der Waals surface area contributed by atoms with Gasteiger partial charge in [0.1, 0.15) is 12.4 Å². The molecule has 0 aromatic heterocycles. The molecule has 6 heteroatoms. The predicted octanol–water partition coefficient (Wildman–Crippen LogP) is 1.56. The molecule has 5 nitrogen and oxygen atoms in total. The summed E-state index contributed by atoms with van der Waals surface area (Å²) in [7, 11) is -3.42. The van der Waals surface area contributed by atoms with Gasteiger partial charge in [0.15, 0.2) is 0 Å². The molecule has 0 aliphatic rings. The first-order valence-corrected chi connectivity index (χ1v) is 7.20. The Balaban J connectivity index is 2.86. The molecule has 18 heavy (non-hydrogen) atoms. The van der Waals surface area contributed by atoms with Gasteiger partial charge in [-0.2, -0.15) is 0 Å². The highest BCUT2D eigenvalue weighted by Gasteiger charge is 2.28. The molecule has 1 aromatic carbocycles. The molecule has 0 heterocycles. The van der Waals surface area contributed by atoms with Crippen molar-refractivity contribution >= 4 is 15.7 Å². The second-order valence-corrected chi connectivity index (χ2v) is 7.32. The highest BCUT2D eigenvalue weighted by atomic mass is 32.2. The van der Waals surface area contributed by atoms with Gasteiger partial charge in [0, 0.05) is 12.6 Å². The van der Waals surface area contributed by atoms with Crippen molar-refractivity contribution in [2.45, 2.75) is 25.5 Å². The quantitative estimate of drug-likeness (QED) is 0.852. The first-order valence-electron chi connectivity index (χ1n) is 5.71. The minimum Gasteiger partial charge on any atom is -0.492 e. The van der Waals surface area contributed by atoms with Gasteiger partial charge in [0.25, 0.3) is 0 Å². The van der Waals surface area contributed by atoms with Crippen molar-refractivity contribution in [3.63, 3.8) is 0 Å². The van der Waals surface area contributed by atoms with Crippen LogP contribution in [0.1, 0.15) is 20.8 Å². The highest BCUT2D eigenvalue weighted by molar-refractivity contribution is 7.94. The number of ether oxygens (including phenoxy) is 1. The SMILES string of the molecule is CC(C)(C)S(=O)(=O)Nc1cccc(OCCN)c1. The van der Waals surface area contributed by atoms with Crippen LogP contribution in [0.5, 0.6) is 5.75 Å². The molecule has 0 fully saturated rings. The molecule has 0 bridgehead atoms. The van der Waals surface area contributed by atoms with Crippen molar-refractivity contribution in [2.75, 3.05) is 17.9 Å². The molecule has 3 N–H and O–H groups in total. The number of sulfonamides is 1. The van der Waals surface area contributed by atoms with Crippen molar-refractivity contribution in [3.8, 4) is 5.75 Å². The average molecular weight is 272 g/mol. The maximum absolute atomic E-state index is 12.0. The molecule has 0 radical (unpaired) electrons. The standard InChI is InChI=1S/C12H20N2O3S/c1-12(2,3)18(15,16)14-10-5-4-6-11(9-10)17-8-7-13/h4-6,9,14H,7-8,13H2,1-3H3. The third kappa shape index (κ3) is 3.89. The van der Waals surface area contributed by atoms with Crippen molar-refractivity contribution in [3.05, 3.63) is 24.3 Å². The molecule has 0 unspecified atom stereocenters. The van der Waals surface area contributed by atoms with Crippen LogP contribution < -0.4 is 15.2 Å². The van der Waals surface area contributed by atoms with Gasteiger partial charge >= 0.3 is 0 Å². The lowest BCUT2D eigenvalue weighted by molar-refractivity contribution is 0.328. The van der Waals surface area contributed by atoms with E-state index in [0.29, 0.717) is 24.6 Å². The van der Waals surface area contributed by atoms with Gasteiger partial charge in [-0.05, 0) is 32.9 Å². The third-order valence-electron chi connectivity index (χ3n) is 2.28. The molecule has 0 amide bonds. The second kappa shape index (κ2) is 5.58. The fourth-order valence-electron chi connectivity index (χ4n) is 1.13. The van der Waals surface area contributed by atoms with E-state index in [1.807, 2.05) is 0 Å². The Labute approximate surface area is 108 Å². The lowest BCUT2D eigenvalue weighted by Crippen LogP contribution is -2.33. The molecule has 0 saturated carbocycles. The summed E-state index contributed by atoms with van der Waals surface area (Å²) >= 11 is 0. The van der Waals surface area contributed by atoms with Crippen LogP contribution in [0, 0.1) is 0 Å². The van der Waals surface area contributed by atoms with Crippen LogP contribution in [-0.2, 0) is 10.0 Å². The summed E-state index contributed by atoms with van der Waals surface area (Å²) in [4.78, 5) is 0. The number of rotatable bonds is 5. The van der Waals surface area contributed by atoms with E-state index in [1.165, 1.54) is 0 Å².